The Balaban J connectivity index is 1.73. The first-order valence-corrected chi connectivity index (χ1v) is 8.30. The van der Waals surface area contributed by atoms with Gasteiger partial charge in [-0.15, -0.1) is 0 Å². The van der Waals surface area contributed by atoms with E-state index in [9.17, 15) is 14.4 Å². The molecule has 3 rings (SSSR count). The van der Waals surface area contributed by atoms with Crippen molar-refractivity contribution in [2.24, 2.45) is 0 Å². The SMILES string of the molecule is COC(=O)c1ccc(C(=O)OCc2cc(=O)n3cc(Br)ccc3n2)cc1. The molecule has 132 valence electrons. The molecule has 0 aliphatic heterocycles. The van der Waals surface area contributed by atoms with Gasteiger partial charge in [-0.1, -0.05) is 0 Å². The van der Waals surface area contributed by atoms with Crippen molar-refractivity contribution >= 4 is 33.5 Å². The van der Waals surface area contributed by atoms with E-state index in [0.29, 0.717) is 16.9 Å². The number of carbonyl (C=O) groups is 2. The van der Waals surface area contributed by atoms with Gasteiger partial charge >= 0.3 is 11.9 Å². The molecule has 8 heteroatoms. The van der Waals surface area contributed by atoms with E-state index in [1.807, 2.05) is 0 Å². The van der Waals surface area contributed by atoms with Gasteiger partial charge in [0.2, 0.25) is 0 Å². The maximum Gasteiger partial charge on any atom is 0.338 e. The lowest BCUT2D eigenvalue weighted by molar-refractivity contribution is 0.0466. The van der Waals surface area contributed by atoms with E-state index in [2.05, 4.69) is 25.7 Å². The second-order valence-electron chi connectivity index (χ2n) is 5.31. The van der Waals surface area contributed by atoms with Gasteiger partial charge in [0.25, 0.3) is 5.56 Å². The summed E-state index contributed by atoms with van der Waals surface area (Å²) in [6.45, 7) is -0.139. The molecular weight excluding hydrogens is 404 g/mol. The summed E-state index contributed by atoms with van der Waals surface area (Å²) in [6.07, 6.45) is 1.61. The second kappa shape index (κ2) is 7.49. The van der Waals surface area contributed by atoms with Crippen LogP contribution in [0, 0.1) is 0 Å². The first kappa shape index (κ1) is 17.8. The van der Waals surface area contributed by atoms with Crippen LogP contribution in [0.25, 0.3) is 5.65 Å². The van der Waals surface area contributed by atoms with Crippen molar-refractivity contribution in [2.45, 2.75) is 6.61 Å². The first-order valence-electron chi connectivity index (χ1n) is 7.51. The zero-order valence-electron chi connectivity index (χ0n) is 13.6. The van der Waals surface area contributed by atoms with Crippen LogP contribution >= 0.6 is 15.9 Å². The van der Waals surface area contributed by atoms with E-state index in [-0.39, 0.29) is 17.7 Å². The smallest absolute Gasteiger partial charge is 0.338 e. The van der Waals surface area contributed by atoms with E-state index in [0.717, 1.165) is 4.47 Å². The van der Waals surface area contributed by atoms with Gasteiger partial charge in [0.1, 0.15) is 12.3 Å². The Labute approximate surface area is 156 Å². The van der Waals surface area contributed by atoms with Gasteiger partial charge in [-0.05, 0) is 52.3 Å². The third kappa shape index (κ3) is 3.80. The van der Waals surface area contributed by atoms with Crippen molar-refractivity contribution in [2.75, 3.05) is 7.11 Å². The minimum Gasteiger partial charge on any atom is -0.465 e. The lowest BCUT2D eigenvalue weighted by Crippen LogP contribution is -2.16. The molecular formula is C18H13BrN2O5. The van der Waals surface area contributed by atoms with Crippen molar-refractivity contribution in [3.63, 3.8) is 0 Å². The zero-order valence-corrected chi connectivity index (χ0v) is 15.2. The Morgan fingerprint density at radius 3 is 2.38 bits per heavy atom. The number of hydrogen-bond acceptors (Lipinski definition) is 6. The number of carbonyl (C=O) groups excluding carboxylic acids is 2. The Morgan fingerprint density at radius 1 is 1.08 bits per heavy atom. The molecule has 2 heterocycles. The molecule has 0 aliphatic rings. The molecule has 0 saturated carbocycles. The quantitative estimate of drug-likeness (QED) is 0.607. The van der Waals surface area contributed by atoms with Gasteiger partial charge in [0.05, 0.1) is 23.9 Å². The molecule has 0 saturated heterocycles. The monoisotopic (exact) mass is 416 g/mol. The number of halogens is 1. The molecule has 0 fully saturated rings. The number of aromatic nitrogens is 2. The summed E-state index contributed by atoms with van der Waals surface area (Å²) in [5.41, 5.74) is 1.13. The standard InChI is InChI=1S/C18H13BrN2O5/c1-25-17(23)11-2-4-12(5-3-11)18(24)26-10-14-8-16(22)21-9-13(19)6-7-15(21)20-14/h2-9H,10H2,1H3. The summed E-state index contributed by atoms with van der Waals surface area (Å²) in [7, 11) is 1.28. The maximum atomic E-state index is 12.1. The maximum absolute atomic E-state index is 12.1. The number of methoxy groups -OCH3 is 1. The molecule has 0 aliphatic carbocycles. The summed E-state index contributed by atoms with van der Waals surface area (Å²) in [6, 6.07) is 10.6. The molecule has 26 heavy (non-hydrogen) atoms. The molecule has 3 aromatic rings. The highest BCUT2D eigenvalue weighted by molar-refractivity contribution is 9.10. The molecule has 0 amide bonds. The number of pyridine rings is 1. The van der Waals surface area contributed by atoms with E-state index in [1.165, 1.54) is 41.8 Å². The van der Waals surface area contributed by atoms with Crippen molar-refractivity contribution in [1.82, 2.24) is 9.38 Å². The summed E-state index contributed by atoms with van der Waals surface area (Å²) < 4.78 is 11.9. The van der Waals surface area contributed by atoms with Crippen molar-refractivity contribution in [3.05, 3.63) is 80.3 Å². The first-order chi connectivity index (χ1) is 12.5. The highest BCUT2D eigenvalue weighted by Gasteiger charge is 2.11. The van der Waals surface area contributed by atoms with E-state index in [1.54, 1.807) is 18.3 Å². The fourth-order valence-corrected chi connectivity index (χ4v) is 2.62. The Morgan fingerprint density at radius 2 is 1.73 bits per heavy atom. The van der Waals surface area contributed by atoms with Gasteiger partial charge in [-0.2, -0.15) is 0 Å². The van der Waals surface area contributed by atoms with Gasteiger partial charge in [-0.25, -0.2) is 14.6 Å². The highest BCUT2D eigenvalue weighted by atomic mass is 79.9. The van der Waals surface area contributed by atoms with Crippen LogP contribution in [0.1, 0.15) is 26.4 Å². The van der Waals surface area contributed by atoms with E-state index in [4.69, 9.17) is 4.74 Å². The summed E-state index contributed by atoms with van der Waals surface area (Å²) in [5, 5.41) is 0. The largest absolute Gasteiger partial charge is 0.465 e. The number of fused-ring (bicyclic) bond motifs is 1. The predicted octanol–water partition coefficient (Wildman–Crippen LogP) is 2.60. The Kier molecular flexibility index (Phi) is 5.13. The van der Waals surface area contributed by atoms with Crippen LogP contribution < -0.4 is 5.56 Å². The summed E-state index contributed by atoms with van der Waals surface area (Å²) >= 11 is 3.29. The number of nitrogens with zero attached hydrogens (tertiary/aromatic N) is 2. The second-order valence-corrected chi connectivity index (χ2v) is 6.22. The lowest BCUT2D eigenvalue weighted by atomic mass is 10.1. The fraction of sp³-hybridized carbons (Fsp3) is 0.111. The number of hydrogen-bond donors (Lipinski definition) is 0. The van der Waals surface area contributed by atoms with Gasteiger partial charge < -0.3 is 9.47 Å². The van der Waals surface area contributed by atoms with Gasteiger partial charge in [0, 0.05) is 16.7 Å². The minimum atomic E-state index is -0.584. The van der Waals surface area contributed by atoms with Crippen LogP contribution in [-0.4, -0.2) is 28.4 Å². The molecule has 0 radical (unpaired) electrons. The number of rotatable bonds is 4. The van der Waals surface area contributed by atoms with Gasteiger partial charge in [0.15, 0.2) is 0 Å². The highest BCUT2D eigenvalue weighted by Crippen LogP contribution is 2.11. The molecule has 0 spiro atoms. The molecule has 1 aromatic carbocycles. The van der Waals surface area contributed by atoms with Crippen LogP contribution in [0.2, 0.25) is 0 Å². The third-order valence-corrected chi connectivity index (χ3v) is 4.04. The molecule has 0 unspecified atom stereocenters. The fourth-order valence-electron chi connectivity index (χ4n) is 2.28. The minimum absolute atomic E-state index is 0.139. The van der Waals surface area contributed by atoms with Crippen LogP contribution in [0.5, 0.6) is 0 Å². The molecule has 2 aromatic heterocycles. The lowest BCUT2D eigenvalue weighted by Gasteiger charge is -2.07. The van der Waals surface area contributed by atoms with Crippen LogP contribution in [0.4, 0.5) is 0 Å². The normalized spacial score (nSPS) is 10.5. The average molecular weight is 417 g/mol. The van der Waals surface area contributed by atoms with Gasteiger partial charge in [-0.3, -0.25) is 9.20 Å². The van der Waals surface area contributed by atoms with E-state index >= 15 is 0 Å². The van der Waals surface area contributed by atoms with Crippen molar-refractivity contribution < 1.29 is 19.1 Å². The van der Waals surface area contributed by atoms with Crippen LogP contribution in [0.15, 0.2) is 57.9 Å². The molecule has 0 N–H and O–H groups in total. The summed E-state index contributed by atoms with van der Waals surface area (Å²) in [4.78, 5) is 39.9. The van der Waals surface area contributed by atoms with Crippen LogP contribution in [-0.2, 0) is 16.1 Å². The van der Waals surface area contributed by atoms with Crippen molar-refractivity contribution in [1.29, 1.82) is 0 Å². The average Bonchev–Trinajstić information content (AvgIpc) is 2.66. The summed E-state index contributed by atoms with van der Waals surface area (Å²) in [5.74, 6) is -1.07. The van der Waals surface area contributed by atoms with E-state index < -0.39 is 11.9 Å². The third-order valence-electron chi connectivity index (χ3n) is 3.57. The number of esters is 2. The Bertz CT molecular complexity index is 1040. The molecule has 0 atom stereocenters. The molecule has 7 nitrogen and oxygen atoms in total. The topological polar surface area (TPSA) is 87.0 Å². The predicted molar refractivity (Wildman–Crippen MR) is 96.1 cm³/mol. The zero-order chi connectivity index (χ0) is 18.7. The molecule has 0 bridgehead atoms. The van der Waals surface area contributed by atoms with Crippen LogP contribution in [0.3, 0.4) is 0 Å². The van der Waals surface area contributed by atoms with Crippen molar-refractivity contribution in [3.8, 4) is 0 Å². The Hall–Kier alpha value is -3.00. The number of benzene rings is 1. The number of ether oxygens (including phenoxy) is 2.